The Morgan fingerprint density at radius 2 is 1.71 bits per heavy atom. The monoisotopic (exact) mass is 453 g/mol. The van der Waals surface area contributed by atoms with Gasteiger partial charge in [0.2, 0.25) is 5.91 Å². The summed E-state index contributed by atoms with van der Waals surface area (Å²) in [5.74, 6) is 2.31. The van der Waals surface area contributed by atoms with E-state index < -0.39 is 0 Å². The van der Waals surface area contributed by atoms with E-state index in [-0.39, 0.29) is 11.8 Å². The van der Waals surface area contributed by atoms with Gasteiger partial charge in [-0.1, -0.05) is 60.7 Å². The molecule has 3 aromatic carbocycles. The smallest absolute Gasteiger partial charge is 0.223 e. The second kappa shape index (κ2) is 10.1. The van der Waals surface area contributed by atoms with Gasteiger partial charge in [0.1, 0.15) is 11.6 Å². The number of aromatic nitrogens is 2. The number of ether oxygens (including phenoxy) is 1. The number of para-hydroxylation sites is 3. The van der Waals surface area contributed by atoms with Crippen LogP contribution in [0.15, 0.2) is 78.9 Å². The maximum atomic E-state index is 12.8. The number of benzene rings is 3. The van der Waals surface area contributed by atoms with E-state index in [1.165, 1.54) is 5.56 Å². The number of aryl methyl sites for hydroxylation is 2. The van der Waals surface area contributed by atoms with Gasteiger partial charge < -0.3 is 14.2 Å². The molecule has 0 radical (unpaired) electrons. The quantitative estimate of drug-likeness (QED) is 0.305. The van der Waals surface area contributed by atoms with Crippen molar-refractivity contribution in [3.63, 3.8) is 0 Å². The topological polar surface area (TPSA) is 47.4 Å². The maximum absolute atomic E-state index is 12.8. The third kappa shape index (κ3) is 4.84. The summed E-state index contributed by atoms with van der Waals surface area (Å²) in [5.41, 5.74) is 4.48. The molecule has 34 heavy (non-hydrogen) atoms. The zero-order valence-electron chi connectivity index (χ0n) is 19.7. The molecule has 4 aromatic rings. The number of carbonyl (C=O) groups excluding carboxylic acids is 1. The van der Waals surface area contributed by atoms with E-state index in [0.29, 0.717) is 26.1 Å². The third-order valence-corrected chi connectivity index (χ3v) is 6.61. The summed E-state index contributed by atoms with van der Waals surface area (Å²) in [6.07, 6.45) is 2.48. The van der Waals surface area contributed by atoms with Crippen LogP contribution in [-0.4, -0.2) is 33.5 Å². The molecule has 0 N–H and O–H groups in total. The zero-order chi connectivity index (χ0) is 23.3. The zero-order valence-corrected chi connectivity index (χ0v) is 19.7. The van der Waals surface area contributed by atoms with Crippen molar-refractivity contribution in [2.24, 2.45) is 0 Å². The van der Waals surface area contributed by atoms with Crippen molar-refractivity contribution in [1.82, 2.24) is 14.5 Å². The molecule has 1 aromatic heterocycles. The molecule has 0 spiro atoms. The van der Waals surface area contributed by atoms with E-state index in [4.69, 9.17) is 9.72 Å². The van der Waals surface area contributed by atoms with Gasteiger partial charge in [-0.25, -0.2) is 4.98 Å². The van der Waals surface area contributed by atoms with Crippen molar-refractivity contribution in [3.8, 4) is 5.75 Å². The van der Waals surface area contributed by atoms with E-state index in [1.54, 1.807) is 0 Å². The summed E-state index contributed by atoms with van der Waals surface area (Å²) in [5, 5.41) is 0. The highest BCUT2D eigenvalue weighted by Gasteiger charge is 2.33. The summed E-state index contributed by atoms with van der Waals surface area (Å²) in [6.45, 7) is 5.01. The maximum Gasteiger partial charge on any atom is 0.223 e. The third-order valence-electron chi connectivity index (χ3n) is 6.61. The molecule has 1 unspecified atom stereocenters. The average molecular weight is 454 g/mol. The lowest BCUT2D eigenvalue weighted by Gasteiger charge is -2.17. The fraction of sp³-hybridized carbons (Fsp3) is 0.310. The van der Waals surface area contributed by atoms with Gasteiger partial charge in [-0.2, -0.15) is 0 Å². The van der Waals surface area contributed by atoms with Crippen molar-refractivity contribution in [2.75, 3.05) is 13.2 Å². The van der Waals surface area contributed by atoms with Crippen LogP contribution >= 0.6 is 0 Å². The molecule has 5 heteroatoms. The summed E-state index contributed by atoms with van der Waals surface area (Å²) in [4.78, 5) is 19.8. The molecule has 0 aliphatic carbocycles. The van der Waals surface area contributed by atoms with E-state index in [9.17, 15) is 4.79 Å². The summed E-state index contributed by atoms with van der Waals surface area (Å²) in [6, 6.07) is 26.6. The van der Waals surface area contributed by atoms with Gasteiger partial charge in [0.25, 0.3) is 0 Å². The molecular weight excluding hydrogens is 422 g/mol. The van der Waals surface area contributed by atoms with Crippen LogP contribution in [0.1, 0.15) is 42.1 Å². The van der Waals surface area contributed by atoms with Crippen molar-refractivity contribution in [1.29, 1.82) is 0 Å². The molecule has 1 amide bonds. The molecule has 1 aliphatic rings. The Hall–Kier alpha value is -3.60. The molecule has 5 nitrogen and oxygen atoms in total. The van der Waals surface area contributed by atoms with E-state index in [2.05, 4.69) is 47.9 Å². The van der Waals surface area contributed by atoms with Gasteiger partial charge in [0, 0.05) is 32.0 Å². The lowest BCUT2D eigenvalue weighted by Crippen LogP contribution is -2.24. The highest BCUT2D eigenvalue weighted by atomic mass is 16.5. The Kier molecular flexibility index (Phi) is 6.61. The lowest BCUT2D eigenvalue weighted by atomic mass is 10.1. The minimum absolute atomic E-state index is 0.117. The Morgan fingerprint density at radius 1 is 0.941 bits per heavy atom. The summed E-state index contributed by atoms with van der Waals surface area (Å²) < 4.78 is 8.31. The Morgan fingerprint density at radius 3 is 2.56 bits per heavy atom. The van der Waals surface area contributed by atoms with Crippen LogP contribution in [0.25, 0.3) is 11.0 Å². The molecule has 5 rings (SSSR count). The largest absolute Gasteiger partial charge is 0.493 e. The fourth-order valence-corrected chi connectivity index (χ4v) is 4.82. The van der Waals surface area contributed by atoms with E-state index in [1.807, 2.05) is 47.4 Å². The Labute approximate surface area is 201 Å². The summed E-state index contributed by atoms with van der Waals surface area (Å²) in [7, 11) is 0. The lowest BCUT2D eigenvalue weighted by molar-refractivity contribution is -0.128. The first kappa shape index (κ1) is 22.2. The molecular formula is C29H31N3O2. The second-order valence-corrected chi connectivity index (χ2v) is 9.09. The van der Waals surface area contributed by atoms with Crippen LogP contribution in [0.5, 0.6) is 5.75 Å². The second-order valence-electron chi connectivity index (χ2n) is 9.09. The van der Waals surface area contributed by atoms with Crippen LogP contribution in [0, 0.1) is 6.92 Å². The van der Waals surface area contributed by atoms with Crippen molar-refractivity contribution in [3.05, 3.63) is 95.8 Å². The number of hydrogen-bond acceptors (Lipinski definition) is 3. The van der Waals surface area contributed by atoms with Crippen molar-refractivity contribution >= 4 is 16.9 Å². The van der Waals surface area contributed by atoms with Gasteiger partial charge in [0.05, 0.1) is 17.6 Å². The Bertz CT molecular complexity index is 1260. The van der Waals surface area contributed by atoms with Gasteiger partial charge in [0.15, 0.2) is 0 Å². The van der Waals surface area contributed by atoms with Crippen molar-refractivity contribution in [2.45, 2.75) is 45.2 Å². The molecule has 0 bridgehead atoms. The number of fused-ring (bicyclic) bond motifs is 1. The Balaban J connectivity index is 1.26. The predicted molar refractivity (Wildman–Crippen MR) is 135 cm³/mol. The SMILES string of the molecule is Cc1ccccc1OCCCCn1c(C2CC(=O)N(Cc3ccccc3)C2)nc2ccccc21. The molecule has 1 aliphatic heterocycles. The minimum atomic E-state index is 0.117. The highest BCUT2D eigenvalue weighted by molar-refractivity contribution is 5.81. The molecule has 2 heterocycles. The summed E-state index contributed by atoms with van der Waals surface area (Å²) >= 11 is 0. The minimum Gasteiger partial charge on any atom is -0.493 e. The number of nitrogens with zero attached hydrogens (tertiary/aromatic N) is 3. The fourth-order valence-electron chi connectivity index (χ4n) is 4.82. The first-order chi connectivity index (χ1) is 16.7. The first-order valence-corrected chi connectivity index (χ1v) is 12.1. The van der Waals surface area contributed by atoms with Crippen molar-refractivity contribution < 1.29 is 9.53 Å². The molecule has 174 valence electrons. The van der Waals surface area contributed by atoms with Crippen LogP contribution in [-0.2, 0) is 17.9 Å². The highest BCUT2D eigenvalue weighted by Crippen LogP contribution is 2.31. The number of amides is 1. The number of rotatable bonds is 9. The van der Waals surface area contributed by atoms with Crippen LogP contribution in [0.4, 0.5) is 0 Å². The number of imidazole rings is 1. The van der Waals surface area contributed by atoms with Gasteiger partial charge >= 0.3 is 0 Å². The number of carbonyl (C=O) groups is 1. The van der Waals surface area contributed by atoms with Gasteiger partial charge in [-0.15, -0.1) is 0 Å². The average Bonchev–Trinajstić information content (AvgIpc) is 3.41. The number of hydrogen-bond donors (Lipinski definition) is 0. The number of unbranched alkanes of at least 4 members (excludes halogenated alkanes) is 1. The molecule has 1 atom stereocenters. The standard InChI is InChI=1S/C29H31N3O2/c1-22-11-5-8-16-27(22)34-18-10-9-17-32-26-15-7-6-14-25(26)30-29(32)24-19-28(33)31(21-24)20-23-12-3-2-4-13-23/h2-8,11-16,24H,9-10,17-21H2,1H3. The van der Waals surface area contributed by atoms with Crippen LogP contribution in [0.2, 0.25) is 0 Å². The van der Waals surface area contributed by atoms with Gasteiger partial charge in [-0.05, 0) is 49.1 Å². The number of likely N-dealkylation sites (tertiary alicyclic amines) is 1. The first-order valence-electron chi connectivity index (χ1n) is 12.1. The van der Waals surface area contributed by atoms with Gasteiger partial charge in [-0.3, -0.25) is 4.79 Å². The normalized spacial score (nSPS) is 15.9. The van der Waals surface area contributed by atoms with Crippen LogP contribution in [0.3, 0.4) is 0 Å². The predicted octanol–water partition coefficient (Wildman–Crippen LogP) is 5.72. The molecule has 0 saturated carbocycles. The van der Waals surface area contributed by atoms with Crippen LogP contribution < -0.4 is 4.74 Å². The van der Waals surface area contributed by atoms with E-state index in [0.717, 1.165) is 47.6 Å². The van der Waals surface area contributed by atoms with E-state index >= 15 is 0 Å². The molecule has 1 fully saturated rings. The molecule has 1 saturated heterocycles.